The molecule has 0 spiro atoms. The minimum Gasteiger partial charge on any atom is -0.397 e. The summed E-state index contributed by atoms with van der Waals surface area (Å²) in [5.41, 5.74) is 5.72. The monoisotopic (exact) mass is 280 g/mol. The molecule has 1 rings (SSSR count). The SMILES string of the molecule is Nc1ccc(F)cc1NC(=O)CCOCC(F)(F)F. The highest BCUT2D eigenvalue weighted by Gasteiger charge is 2.27. The summed E-state index contributed by atoms with van der Waals surface area (Å²) in [4.78, 5) is 11.4. The van der Waals surface area contributed by atoms with E-state index in [2.05, 4.69) is 10.1 Å². The summed E-state index contributed by atoms with van der Waals surface area (Å²) in [5, 5.41) is 2.28. The number of halogens is 4. The first kappa shape index (κ1) is 15.2. The molecule has 0 unspecified atom stereocenters. The average molecular weight is 280 g/mol. The molecule has 106 valence electrons. The Bertz CT molecular complexity index is 449. The fourth-order valence-corrected chi connectivity index (χ4v) is 1.20. The Morgan fingerprint density at radius 1 is 1.37 bits per heavy atom. The van der Waals surface area contributed by atoms with Gasteiger partial charge in [0, 0.05) is 0 Å². The number of anilines is 2. The molecule has 0 saturated heterocycles. The summed E-state index contributed by atoms with van der Waals surface area (Å²) in [6.07, 6.45) is -4.71. The van der Waals surface area contributed by atoms with Gasteiger partial charge < -0.3 is 15.8 Å². The van der Waals surface area contributed by atoms with Gasteiger partial charge in [-0.25, -0.2) is 4.39 Å². The second kappa shape index (κ2) is 6.37. The zero-order valence-electron chi connectivity index (χ0n) is 9.76. The van der Waals surface area contributed by atoms with Crippen molar-refractivity contribution in [2.45, 2.75) is 12.6 Å². The number of hydrogen-bond donors (Lipinski definition) is 2. The highest BCUT2D eigenvalue weighted by atomic mass is 19.4. The fraction of sp³-hybridized carbons (Fsp3) is 0.364. The Kier molecular flexibility index (Phi) is 5.11. The smallest absolute Gasteiger partial charge is 0.397 e. The molecule has 0 bridgehead atoms. The van der Waals surface area contributed by atoms with Crippen molar-refractivity contribution in [2.75, 3.05) is 24.3 Å². The standard InChI is InChI=1S/C11H12F4N2O2/c12-7-1-2-8(16)9(5-7)17-10(18)3-4-19-6-11(13,14)15/h1-2,5H,3-4,6,16H2,(H,17,18). The third kappa shape index (κ3) is 6.05. The van der Waals surface area contributed by atoms with Gasteiger partial charge in [-0.1, -0.05) is 0 Å². The second-order valence-corrected chi connectivity index (χ2v) is 3.70. The van der Waals surface area contributed by atoms with E-state index in [1.54, 1.807) is 0 Å². The highest BCUT2D eigenvalue weighted by Crippen LogP contribution is 2.19. The predicted molar refractivity (Wildman–Crippen MR) is 60.9 cm³/mol. The average Bonchev–Trinajstić information content (AvgIpc) is 2.28. The van der Waals surface area contributed by atoms with Crippen molar-refractivity contribution >= 4 is 17.3 Å². The summed E-state index contributed by atoms with van der Waals surface area (Å²) in [5.74, 6) is -1.20. The molecule has 3 N–H and O–H groups in total. The van der Waals surface area contributed by atoms with Crippen LogP contribution in [0.15, 0.2) is 18.2 Å². The highest BCUT2D eigenvalue weighted by molar-refractivity contribution is 5.93. The maximum atomic E-state index is 12.9. The van der Waals surface area contributed by atoms with Crippen LogP contribution in [0.2, 0.25) is 0 Å². The van der Waals surface area contributed by atoms with Crippen molar-refractivity contribution < 1.29 is 27.1 Å². The molecule has 19 heavy (non-hydrogen) atoms. The maximum absolute atomic E-state index is 12.9. The van der Waals surface area contributed by atoms with Gasteiger partial charge in [0.15, 0.2) is 0 Å². The minimum absolute atomic E-state index is 0.0702. The molecule has 0 aromatic heterocycles. The number of hydrogen-bond acceptors (Lipinski definition) is 3. The van der Waals surface area contributed by atoms with E-state index >= 15 is 0 Å². The van der Waals surface area contributed by atoms with E-state index in [4.69, 9.17) is 5.73 Å². The van der Waals surface area contributed by atoms with Crippen LogP contribution in [0.25, 0.3) is 0 Å². The van der Waals surface area contributed by atoms with E-state index in [0.717, 1.165) is 12.1 Å². The van der Waals surface area contributed by atoms with Crippen molar-refractivity contribution in [3.63, 3.8) is 0 Å². The Morgan fingerprint density at radius 3 is 2.68 bits per heavy atom. The lowest BCUT2D eigenvalue weighted by atomic mass is 10.2. The number of alkyl halides is 3. The van der Waals surface area contributed by atoms with E-state index in [9.17, 15) is 22.4 Å². The fourth-order valence-electron chi connectivity index (χ4n) is 1.20. The van der Waals surface area contributed by atoms with E-state index in [1.807, 2.05) is 0 Å². The number of carbonyl (C=O) groups excluding carboxylic acids is 1. The number of carbonyl (C=O) groups is 1. The zero-order chi connectivity index (χ0) is 14.5. The van der Waals surface area contributed by atoms with Gasteiger partial charge >= 0.3 is 6.18 Å². The molecule has 0 atom stereocenters. The number of nitrogen functional groups attached to an aromatic ring is 1. The number of nitrogens with two attached hydrogens (primary N) is 1. The van der Waals surface area contributed by atoms with Gasteiger partial charge in [-0.3, -0.25) is 4.79 Å². The van der Waals surface area contributed by atoms with Gasteiger partial charge in [0.1, 0.15) is 12.4 Å². The van der Waals surface area contributed by atoms with Crippen LogP contribution in [0.4, 0.5) is 28.9 Å². The molecule has 0 radical (unpaired) electrons. The zero-order valence-corrected chi connectivity index (χ0v) is 9.76. The van der Waals surface area contributed by atoms with Crippen LogP contribution in [-0.2, 0) is 9.53 Å². The summed E-state index contributed by atoms with van der Waals surface area (Å²) in [6, 6.07) is 3.41. The van der Waals surface area contributed by atoms with Crippen molar-refractivity contribution in [3.8, 4) is 0 Å². The van der Waals surface area contributed by atoms with Crippen LogP contribution in [0.3, 0.4) is 0 Å². The molecular weight excluding hydrogens is 268 g/mol. The summed E-state index contributed by atoms with van der Waals surface area (Å²) < 4.78 is 52.4. The molecule has 0 aliphatic carbocycles. The normalized spacial score (nSPS) is 11.4. The number of nitrogens with one attached hydrogen (secondary N) is 1. The van der Waals surface area contributed by atoms with Gasteiger partial charge in [0.2, 0.25) is 5.91 Å². The third-order valence-electron chi connectivity index (χ3n) is 2.03. The molecule has 4 nitrogen and oxygen atoms in total. The molecular formula is C11H12F4N2O2. The summed E-state index contributed by atoms with van der Waals surface area (Å²) in [6.45, 7) is -1.80. The lowest BCUT2D eigenvalue weighted by Crippen LogP contribution is -2.20. The molecule has 1 aromatic rings. The van der Waals surface area contributed by atoms with Crippen LogP contribution in [-0.4, -0.2) is 25.3 Å². The number of amides is 1. The quantitative estimate of drug-likeness (QED) is 0.494. The summed E-state index contributed by atoms with van der Waals surface area (Å²) >= 11 is 0. The maximum Gasteiger partial charge on any atom is 0.411 e. The molecule has 0 saturated carbocycles. The van der Waals surface area contributed by atoms with Crippen molar-refractivity contribution in [3.05, 3.63) is 24.0 Å². The van der Waals surface area contributed by atoms with Crippen molar-refractivity contribution in [2.24, 2.45) is 0 Å². The molecule has 0 aliphatic heterocycles. The van der Waals surface area contributed by atoms with Gasteiger partial charge in [-0.2, -0.15) is 13.2 Å². The molecule has 0 fully saturated rings. The summed E-state index contributed by atoms with van der Waals surface area (Å²) in [7, 11) is 0. The van der Waals surface area contributed by atoms with Crippen LogP contribution >= 0.6 is 0 Å². The van der Waals surface area contributed by atoms with Crippen LogP contribution < -0.4 is 11.1 Å². The first-order chi connectivity index (χ1) is 8.78. The first-order valence-electron chi connectivity index (χ1n) is 5.27. The topological polar surface area (TPSA) is 64.3 Å². The molecule has 1 amide bonds. The Labute approximate surface area is 106 Å². The van der Waals surface area contributed by atoms with Crippen molar-refractivity contribution in [1.29, 1.82) is 0 Å². The Balaban J connectivity index is 2.37. The van der Waals surface area contributed by atoms with E-state index in [1.165, 1.54) is 6.07 Å². The third-order valence-corrected chi connectivity index (χ3v) is 2.03. The van der Waals surface area contributed by atoms with Crippen molar-refractivity contribution in [1.82, 2.24) is 0 Å². The lowest BCUT2D eigenvalue weighted by Gasteiger charge is -2.09. The van der Waals surface area contributed by atoms with E-state index in [-0.39, 0.29) is 24.4 Å². The van der Waals surface area contributed by atoms with E-state index in [0.29, 0.717) is 0 Å². The predicted octanol–water partition coefficient (Wildman–Crippen LogP) is 2.32. The van der Waals surface area contributed by atoms with Gasteiger partial charge in [0.05, 0.1) is 24.4 Å². The first-order valence-corrected chi connectivity index (χ1v) is 5.27. The van der Waals surface area contributed by atoms with Crippen LogP contribution in [0.5, 0.6) is 0 Å². The Morgan fingerprint density at radius 2 is 2.05 bits per heavy atom. The minimum atomic E-state index is -4.43. The molecule has 0 heterocycles. The van der Waals surface area contributed by atoms with Gasteiger partial charge in [0.25, 0.3) is 0 Å². The number of rotatable bonds is 5. The van der Waals surface area contributed by atoms with Crippen LogP contribution in [0.1, 0.15) is 6.42 Å². The van der Waals surface area contributed by atoms with Gasteiger partial charge in [-0.05, 0) is 18.2 Å². The molecule has 8 heteroatoms. The Hall–Kier alpha value is -1.83. The molecule has 0 aliphatic rings. The second-order valence-electron chi connectivity index (χ2n) is 3.70. The lowest BCUT2D eigenvalue weighted by molar-refractivity contribution is -0.174. The van der Waals surface area contributed by atoms with Crippen LogP contribution in [0, 0.1) is 5.82 Å². The number of benzene rings is 1. The molecule has 1 aromatic carbocycles. The van der Waals surface area contributed by atoms with Gasteiger partial charge in [-0.15, -0.1) is 0 Å². The van der Waals surface area contributed by atoms with E-state index < -0.39 is 24.5 Å². The number of ether oxygens (including phenoxy) is 1. The largest absolute Gasteiger partial charge is 0.411 e.